The monoisotopic (exact) mass is 549 g/mol. The summed E-state index contributed by atoms with van der Waals surface area (Å²) in [5.74, 6) is 1.88. The fourth-order valence-electron chi connectivity index (χ4n) is 3.22. The second-order valence-corrected chi connectivity index (χ2v) is 7.26. The average Bonchev–Trinajstić information content (AvgIpc) is 3.22. The molecule has 1 saturated heterocycles. The van der Waals surface area contributed by atoms with Crippen molar-refractivity contribution in [2.24, 2.45) is 4.99 Å². The highest BCUT2D eigenvalue weighted by atomic mass is 127. The fourth-order valence-corrected chi connectivity index (χ4v) is 3.34. The van der Waals surface area contributed by atoms with E-state index in [0.717, 1.165) is 57.1 Å². The van der Waals surface area contributed by atoms with E-state index in [-0.39, 0.29) is 24.0 Å². The van der Waals surface area contributed by atoms with E-state index in [2.05, 4.69) is 25.3 Å². The van der Waals surface area contributed by atoms with Crippen LogP contribution in [0.25, 0.3) is 11.4 Å². The lowest BCUT2D eigenvalue weighted by Crippen LogP contribution is -2.46. The number of aromatic nitrogens is 2. The summed E-state index contributed by atoms with van der Waals surface area (Å²) < 4.78 is 16.3. The van der Waals surface area contributed by atoms with Gasteiger partial charge in [0.1, 0.15) is 0 Å². The van der Waals surface area contributed by atoms with Crippen LogP contribution in [0.4, 0.5) is 0 Å². The number of methoxy groups -OCH3 is 1. The third kappa shape index (κ3) is 7.36. The normalized spacial score (nSPS) is 15.2. The van der Waals surface area contributed by atoms with Gasteiger partial charge in [0.2, 0.25) is 11.7 Å². The number of hydrogen-bond acceptors (Lipinski definition) is 6. The van der Waals surface area contributed by atoms with E-state index in [1.807, 2.05) is 12.1 Å². The van der Waals surface area contributed by atoms with Crippen molar-refractivity contribution < 1.29 is 14.0 Å². The molecule has 10 heteroatoms. The first-order valence-corrected chi connectivity index (χ1v) is 10.2. The Hall–Kier alpha value is -1.43. The summed E-state index contributed by atoms with van der Waals surface area (Å²) in [6.07, 6.45) is 3.20. The SMILES string of the molecule is CN=C(NCc1nc(-c2ccc(Cl)cc2)no1)N1CCC(OCCCOC)CC1.I. The molecule has 3 rings (SSSR count). The van der Waals surface area contributed by atoms with Gasteiger partial charge in [-0.2, -0.15) is 4.98 Å². The van der Waals surface area contributed by atoms with Gasteiger partial charge in [0.15, 0.2) is 5.96 Å². The lowest BCUT2D eigenvalue weighted by molar-refractivity contribution is 0.00987. The smallest absolute Gasteiger partial charge is 0.246 e. The minimum atomic E-state index is 0. The molecule has 2 aromatic rings. The highest BCUT2D eigenvalue weighted by molar-refractivity contribution is 14.0. The Labute approximate surface area is 199 Å². The van der Waals surface area contributed by atoms with E-state index < -0.39 is 0 Å². The Bertz CT molecular complexity index is 779. The third-order valence-corrected chi connectivity index (χ3v) is 5.02. The van der Waals surface area contributed by atoms with Gasteiger partial charge in [-0.15, -0.1) is 24.0 Å². The molecule has 0 bridgehead atoms. The predicted octanol–water partition coefficient (Wildman–Crippen LogP) is 3.60. The lowest BCUT2D eigenvalue weighted by Gasteiger charge is -2.34. The largest absolute Gasteiger partial charge is 0.385 e. The van der Waals surface area contributed by atoms with E-state index >= 15 is 0 Å². The summed E-state index contributed by atoms with van der Waals surface area (Å²) in [5.41, 5.74) is 0.862. The van der Waals surface area contributed by atoms with E-state index in [1.54, 1.807) is 26.3 Å². The molecule has 2 heterocycles. The van der Waals surface area contributed by atoms with Gasteiger partial charge in [-0.1, -0.05) is 16.8 Å². The summed E-state index contributed by atoms with van der Waals surface area (Å²) in [7, 11) is 3.49. The minimum absolute atomic E-state index is 0. The van der Waals surface area contributed by atoms with Crippen LogP contribution < -0.4 is 5.32 Å². The first-order valence-electron chi connectivity index (χ1n) is 9.84. The predicted molar refractivity (Wildman–Crippen MR) is 127 cm³/mol. The van der Waals surface area contributed by atoms with Crippen LogP contribution in [0, 0.1) is 0 Å². The second kappa shape index (κ2) is 13.1. The molecule has 0 aliphatic carbocycles. The average molecular weight is 550 g/mol. The van der Waals surface area contributed by atoms with E-state index in [9.17, 15) is 0 Å². The fraction of sp³-hybridized carbons (Fsp3) is 0.550. The molecule has 30 heavy (non-hydrogen) atoms. The maximum Gasteiger partial charge on any atom is 0.246 e. The number of halogens is 2. The molecule has 0 saturated carbocycles. The van der Waals surface area contributed by atoms with Crippen molar-refractivity contribution in [3.8, 4) is 11.4 Å². The van der Waals surface area contributed by atoms with Crippen molar-refractivity contribution in [3.63, 3.8) is 0 Å². The zero-order valence-corrected chi connectivity index (χ0v) is 20.4. The summed E-state index contributed by atoms with van der Waals surface area (Å²) in [4.78, 5) is 11.0. The van der Waals surface area contributed by atoms with Gasteiger partial charge in [0, 0.05) is 51.0 Å². The zero-order chi connectivity index (χ0) is 20.5. The van der Waals surface area contributed by atoms with Crippen LogP contribution >= 0.6 is 35.6 Å². The maximum absolute atomic E-state index is 5.92. The van der Waals surface area contributed by atoms with Crippen LogP contribution in [0.3, 0.4) is 0 Å². The summed E-state index contributed by atoms with van der Waals surface area (Å²) in [5, 5.41) is 8.01. The topological polar surface area (TPSA) is 85.0 Å². The molecular weight excluding hydrogens is 521 g/mol. The minimum Gasteiger partial charge on any atom is -0.385 e. The van der Waals surface area contributed by atoms with Crippen LogP contribution in [-0.2, 0) is 16.0 Å². The van der Waals surface area contributed by atoms with E-state index in [4.69, 9.17) is 25.6 Å². The van der Waals surface area contributed by atoms with Crippen molar-refractivity contribution in [1.29, 1.82) is 0 Å². The molecule has 1 N–H and O–H groups in total. The first kappa shape index (κ1) is 24.8. The Balaban J connectivity index is 0.00000320. The van der Waals surface area contributed by atoms with Crippen molar-refractivity contribution in [2.75, 3.05) is 40.5 Å². The Morgan fingerprint density at radius 1 is 1.27 bits per heavy atom. The van der Waals surface area contributed by atoms with Gasteiger partial charge in [-0.05, 0) is 43.5 Å². The van der Waals surface area contributed by atoms with Crippen LogP contribution in [0.2, 0.25) is 5.02 Å². The Morgan fingerprint density at radius 3 is 2.67 bits per heavy atom. The molecule has 1 aliphatic rings. The standard InChI is InChI=1S/C20H28ClN5O3.HI/c1-22-20(26-10-8-17(9-11-26)28-13-3-12-27-2)23-14-18-24-19(25-29-18)15-4-6-16(21)7-5-15;/h4-7,17H,3,8-14H2,1-2H3,(H,22,23);1H. The molecule has 0 radical (unpaired) electrons. The molecule has 0 atom stereocenters. The van der Waals surface area contributed by atoms with E-state index in [0.29, 0.717) is 29.4 Å². The number of piperidine rings is 1. The van der Waals surface area contributed by atoms with Crippen molar-refractivity contribution >= 4 is 41.5 Å². The molecule has 1 aliphatic heterocycles. The second-order valence-electron chi connectivity index (χ2n) is 6.82. The molecule has 0 unspecified atom stereocenters. The Kier molecular flexibility index (Phi) is 10.8. The molecule has 0 spiro atoms. The number of likely N-dealkylation sites (tertiary alicyclic amines) is 1. The van der Waals surface area contributed by atoms with E-state index in [1.165, 1.54) is 0 Å². The number of nitrogens with zero attached hydrogens (tertiary/aromatic N) is 4. The third-order valence-electron chi connectivity index (χ3n) is 4.77. The summed E-state index contributed by atoms with van der Waals surface area (Å²) >= 11 is 5.92. The first-order chi connectivity index (χ1) is 14.2. The molecule has 166 valence electrons. The zero-order valence-electron chi connectivity index (χ0n) is 17.3. The number of hydrogen-bond donors (Lipinski definition) is 1. The summed E-state index contributed by atoms with van der Waals surface area (Å²) in [6, 6.07) is 7.34. The number of ether oxygens (including phenoxy) is 2. The van der Waals surface area contributed by atoms with Gasteiger partial charge >= 0.3 is 0 Å². The number of benzene rings is 1. The number of nitrogens with one attached hydrogen (secondary N) is 1. The van der Waals surface area contributed by atoms with Crippen LogP contribution in [0.5, 0.6) is 0 Å². The number of guanidine groups is 1. The molecular formula is C20H29ClIN5O3. The van der Waals surface area contributed by atoms with Gasteiger partial charge in [-0.3, -0.25) is 4.99 Å². The van der Waals surface area contributed by atoms with Gasteiger partial charge < -0.3 is 24.2 Å². The van der Waals surface area contributed by atoms with Gasteiger partial charge in [-0.25, -0.2) is 0 Å². The molecule has 0 amide bonds. The van der Waals surface area contributed by atoms with Gasteiger partial charge in [0.25, 0.3) is 0 Å². The van der Waals surface area contributed by atoms with Crippen molar-refractivity contribution in [2.45, 2.75) is 31.9 Å². The summed E-state index contributed by atoms with van der Waals surface area (Å²) in [6.45, 7) is 3.70. The van der Waals surface area contributed by atoms with Crippen molar-refractivity contribution in [1.82, 2.24) is 20.4 Å². The van der Waals surface area contributed by atoms with Crippen LogP contribution in [-0.4, -0.2) is 67.6 Å². The lowest BCUT2D eigenvalue weighted by atomic mass is 10.1. The number of aliphatic imine (C=N–C) groups is 1. The highest BCUT2D eigenvalue weighted by Crippen LogP contribution is 2.19. The number of rotatable bonds is 8. The van der Waals surface area contributed by atoms with Gasteiger partial charge in [0.05, 0.1) is 12.6 Å². The van der Waals surface area contributed by atoms with Crippen molar-refractivity contribution in [3.05, 3.63) is 35.2 Å². The molecule has 1 aromatic heterocycles. The molecule has 1 fully saturated rings. The Morgan fingerprint density at radius 2 is 2.00 bits per heavy atom. The molecule has 8 nitrogen and oxygen atoms in total. The van der Waals surface area contributed by atoms with Crippen LogP contribution in [0.15, 0.2) is 33.8 Å². The van der Waals surface area contributed by atoms with Crippen LogP contribution in [0.1, 0.15) is 25.2 Å². The maximum atomic E-state index is 5.92. The quantitative estimate of drug-likeness (QED) is 0.233. The molecule has 1 aromatic carbocycles. The highest BCUT2D eigenvalue weighted by Gasteiger charge is 2.22.